The molecule has 0 bridgehead atoms. The third-order valence-corrected chi connectivity index (χ3v) is 9.38. The van der Waals surface area contributed by atoms with Crippen molar-refractivity contribution in [2.24, 2.45) is 17.6 Å². The number of aliphatic carboxylic acids is 1. The van der Waals surface area contributed by atoms with Crippen LogP contribution in [0.2, 0.25) is 0 Å². The zero-order valence-corrected chi connectivity index (χ0v) is 22.1. The van der Waals surface area contributed by atoms with Crippen LogP contribution in [0.1, 0.15) is 33.1 Å². The van der Waals surface area contributed by atoms with Crippen LogP contribution in [0.3, 0.4) is 0 Å². The lowest BCUT2D eigenvalue weighted by atomic mass is 9.78. The number of carboxylic acids is 1. The SMILES string of the molecule is C[C@@H](NC(=O)Cn1cnnn1)[C@H]1C(=O)N2C(C(=O)O)=C(S[C@@H]3CN[C@H](C(=O)N4CCC[C@@H](N)C4)C3)[C@H](C)[C@H]12. The average Bonchev–Trinajstić information content (AvgIpc) is 3.59. The number of carbonyl (C=O) groups excluding carboxylic acids is 3. The van der Waals surface area contributed by atoms with Crippen molar-refractivity contribution in [1.29, 1.82) is 0 Å². The first-order valence-corrected chi connectivity index (χ1v) is 13.8. The number of hydrogen-bond donors (Lipinski definition) is 4. The van der Waals surface area contributed by atoms with Crippen LogP contribution in [0.4, 0.5) is 0 Å². The van der Waals surface area contributed by atoms with E-state index < -0.39 is 17.9 Å². The first-order chi connectivity index (χ1) is 18.2. The van der Waals surface area contributed by atoms with E-state index in [1.807, 2.05) is 11.8 Å². The lowest BCUT2D eigenvalue weighted by Gasteiger charge is -2.47. The largest absolute Gasteiger partial charge is 0.477 e. The predicted molar refractivity (Wildman–Crippen MR) is 135 cm³/mol. The van der Waals surface area contributed by atoms with Crippen molar-refractivity contribution in [3.8, 4) is 0 Å². The van der Waals surface area contributed by atoms with E-state index in [2.05, 4.69) is 26.2 Å². The van der Waals surface area contributed by atoms with Gasteiger partial charge in [-0.2, -0.15) is 0 Å². The van der Waals surface area contributed by atoms with Gasteiger partial charge in [0, 0.05) is 47.8 Å². The Kier molecular flexibility index (Phi) is 7.42. The van der Waals surface area contributed by atoms with Gasteiger partial charge in [-0.05, 0) is 36.6 Å². The lowest BCUT2D eigenvalue weighted by molar-refractivity contribution is -0.158. The normalized spacial score (nSPS) is 31.7. The van der Waals surface area contributed by atoms with Crippen molar-refractivity contribution in [3.63, 3.8) is 0 Å². The van der Waals surface area contributed by atoms with E-state index in [0.717, 1.165) is 12.8 Å². The smallest absolute Gasteiger partial charge is 0.353 e. The Labute approximate surface area is 223 Å². The van der Waals surface area contributed by atoms with Gasteiger partial charge in [-0.1, -0.05) is 6.92 Å². The summed E-state index contributed by atoms with van der Waals surface area (Å²) in [7, 11) is 0. The number of nitrogens with one attached hydrogen (secondary N) is 2. The van der Waals surface area contributed by atoms with Crippen LogP contribution in [0, 0.1) is 11.8 Å². The fraction of sp³-hybridized carbons (Fsp3) is 0.696. The minimum atomic E-state index is -1.15. The Bertz CT molecular complexity index is 1140. The summed E-state index contributed by atoms with van der Waals surface area (Å²) >= 11 is 1.44. The quantitative estimate of drug-likeness (QED) is 0.273. The van der Waals surface area contributed by atoms with Gasteiger partial charge in [0.25, 0.3) is 0 Å². The molecule has 3 saturated heterocycles. The number of thioether (sulfide) groups is 1. The minimum Gasteiger partial charge on any atom is -0.477 e. The molecule has 1 aromatic rings. The number of aromatic nitrogens is 4. The van der Waals surface area contributed by atoms with E-state index in [1.165, 1.54) is 27.7 Å². The Morgan fingerprint density at radius 1 is 1.37 bits per heavy atom. The van der Waals surface area contributed by atoms with Crippen LogP contribution in [-0.4, -0.2) is 108 Å². The number of carboxylic acid groups (broad SMARTS) is 1. The number of likely N-dealkylation sites (tertiary alicyclic amines) is 1. The second-order valence-electron chi connectivity index (χ2n) is 10.5. The molecule has 1 aromatic heterocycles. The van der Waals surface area contributed by atoms with Gasteiger partial charge in [0.2, 0.25) is 17.7 Å². The van der Waals surface area contributed by atoms with E-state index in [4.69, 9.17) is 5.73 Å². The second kappa shape index (κ2) is 10.6. The molecule has 5 rings (SSSR count). The molecule has 0 spiro atoms. The lowest BCUT2D eigenvalue weighted by Crippen LogP contribution is -2.66. The summed E-state index contributed by atoms with van der Waals surface area (Å²) in [6.45, 7) is 5.42. The molecule has 15 heteroatoms. The van der Waals surface area contributed by atoms with Gasteiger partial charge in [-0.3, -0.25) is 14.4 Å². The standard InChI is InChI=1S/C23H33N9O5S/c1-11-18-17(12(2)27-16(33)9-31-10-26-28-29-31)22(35)32(18)19(23(36)37)20(11)38-14-6-15(25-7-14)21(34)30-5-3-4-13(24)8-30/h10-15,17-18,25H,3-9,24H2,1-2H3,(H,27,33)(H,36,37)/t11-,12-,13-,14+,15+,17-,18-/m1/s1. The molecule has 4 aliphatic heterocycles. The van der Waals surface area contributed by atoms with Gasteiger partial charge in [-0.15, -0.1) is 16.9 Å². The van der Waals surface area contributed by atoms with Gasteiger partial charge < -0.3 is 31.3 Å². The maximum absolute atomic E-state index is 13.1. The van der Waals surface area contributed by atoms with Gasteiger partial charge in [-0.25, -0.2) is 9.48 Å². The molecular formula is C23H33N9O5S. The van der Waals surface area contributed by atoms with Crippen LogP contribution < -0.4 is 16.4 Å². The predicted octanol–water partition coefficient (Wildman–Crippen LogP) is -1.64. The summed E-state index contributed by atoms with van der Waals surface area (Å²) in [4.78, 5) is 54.7. The maximum atomic E-state index is 13.1. The van der Waals surface area contributed by atoms with Gasteiger partial charge in [0.1, 0.15) is 18.6 Å². The van der Waals surface area contributed by atoms with E-state index in [1.54, 1.807) is 6.92 Å². The summed E-state index contributed by atoms with van der Waals surface area (Å²) in [5.41, 5.74) is 6.06. The number of β-lactam (4-membered cyclic amide) rings is 1. The number of piperidine rings is 1. The number of carbonyl (C=O) groups is 4. The van der Waals surface area contributed by atoms with Crippen molar-refractivity contribution < 1.29 is 24.3 Å². The molecule has 7 atom stereocenters. The van der Waals surface area contributed by atoms with E-state index in [-0.39, 0.29) is 59.3 Å². The van der Waals surface area contributed by atoms with Crippen molar-refractivity contribution in [3.05, 3.63) is 16.9 Å². The first kappa shape index (κ1) is 26.6. The fourth-order valence-electron chi connectivity index (χ4n) is 6.08. The highest BCUT2D eigenvalue weighted by molar-refractivity contribution is 8.03. The zero-order valence-electron chi connectivity index (χ0n) is 21.3. The summed E-state index contributed by atoms with van der Waals surface area (Å²) in [6.07, 6.45) is 3.71. The Balaban J connectivity index is 1.23. The van der Waals surface area contributed by atoms with Gasteiger partial charge >= 0.3 is 5.97 Å². The number of hydrogen-bond acceptors (Lipinski definition) is 10. The summed E-state index contributed by atoms with van der Waals surface area (Å²) in [5.74, 6) is -2.53. The summed E-state index contributed by atoms with van der Waals surface area (Å²) in [5, 5.41) is 26.8. The minimum absolute atomic E-state index is 0.00338. The molecule has 0 saturated carbocycles. The Hall–Kier alpha value is -3.04. The highest BCUT2D eigenvalue weighted by Gasteiger charge is 2.60. The van der Waals surface area contributed by atoms with E-state index in [9.17, 15) is 24.3 Å². The molecule has 38 heavy (non-hydrogen) atoms. The van der Waals surface area contributed by atoms with Crippen LogP contribution in [0.25, 0.3) is 0 Å². The van der Waals surface area contributed by atoms with Crippen LogP contribution >= 0.6 is 11.8 Å². The van der Waals surface area contributed by atoms with Crippen LogP contribution in [-0.2, 0) is 25.7 Å². The Morgan fingerprint density at radius 2 is 2.16 bits per heavy atom. The number of nitrogens with zero attached hydrogens (tertiary/aromatic N) is 6. The molecule has 0 aliphatic carbocycles. The molecule has 0 unspecified atom stereocenters. The van der Waals surface area contributed by atoms with Crippen molar-refractivity contribution >= 4 is 35.5 Å². The molecule has 3 amide bonds. The monoisotopic (exact) mass is 547 g/mol. The number of tetrazole rings is 1. The maximum Gasteiger partial charge on any atom is 0.353 e. The molecule has 5 heterocycles. The third-order valence-electron chi connectivity index (χ3n) is 7.87. The summed E-state index contributed by atoms with van der Waals surface area (Å²) < 4.78 is 1.28. The van der Waals surface area contributed by atoms with E-state index >= 15 is 0 Å². The van der Waals surface area contributed by atoms with Crippen LogP contribution in [0.5, 0.6) is 0 Å². The molecule has 206 valence electrons. The van der Waals surface area contributed by atoms with Crippen molar-refractivity contribution in [2.45, 2.75) is 69.1 Å². The Morgan fingerprint density at radius 3 is 2.84 bits per heavy atom. The number of fused-ring (bicyclic) bond motifs is 1. The van der Waals surface area contributed by atoms with Crippen LogP contribution in [0.15, 0.2) is 16.9 Å². The number of nitrogens with two attached hydrogens (primary N) is 1. The topological polar surface area (TPSA) is 189 Å². The van der Waals surface area contributed by atoms with Crippen molar-refractivity contribution in [1.82, 2.24) is 40.6 Å². The zero-order chi connectivity index (χ0) is 27.1. The molecule has 3 fully saturated rings. The summed E-state index contributed by atoms with van der Waals surface area (Å²) in [6, 6.07) is -1.18. The first-order valence-electron chi connectivity index (χ1n) is 12.9. The van der Waals surface area contributed by atoms with E-state index in [0.29, 0.717) is 31.0 Å². The molecular weight excluding hydrogens is 514 g/mol. The third kappa shape index (κ3) is 4.89. The van der Waals surface area contributed by atoms with Gasteiger partial charge in [0.15, 0.2) is 0 Å². The molecule has 5 N–H and O–H groups in total. The van der Waals surface area contributed by atoms with Gasteiger partial charge in [0.05, 0.1) is 18.0 Å². The molecule has 0 radical (unpaired) electrons. The highest BCUT2D eigenvalue weighted by Crippen LogP contribution is 2.51. The second-order valence-corrected chi connectivity index (χ2v) is 11.9. The fourth-order valence-corrected chi connectivity index (χ4v) is 7.56. The average molecular weight is 548 g/mol. The highest BCUT2D eigenvalue weighted by atomic mass is 32.2. The molecule has 14 nitrogen and oxygen atoms in total. The molecule has 4 aliphatic rings. The number of amides is 3. The van der Waals surface area contributed by atoms with Crippen molar-refractivity contribution in [2.75, 3.05) is 19.6 Å². The number of rotatable bonds is 8. The molecule has 0 aromatic carbocycles.